The van der Waals surface area contributed by atoms with E-state index in [4.69, 9.17) is 0 Å². The number of nitrogens with zero attached hydrogens (tertiary/aromatic N) is 3. The lowest BCUT2D eigenvalue weighted by atomic mass is 10.1. The molecule has 2 rings (SSSR count). The van der Waals surface area contributed by atoms with E-state index < -0.39 is 6.03 Å². The third-order valence-electron chi connectivity index (χ3n) is 5.08. The Hall–Kier alpha value is -2.41. The zero-order chi connectivity index (χ0) is 21.6. The molecule has 1 aliphatic heterocycles. The van der Waals surface area contributed by atoms with Crippen molar-refractivity contribution in [3.8, 4) is 0 Å². The molecule has 0 radical (unpaired) electrons. The molecule has 0 aliphatic carbocycles. The molecule has 0 saturated carbocycles. The van der Waals surface area contributed by atoms with E-state index in [1.54, 1.807) is 4.90 Å². The number of hydrazone groups is 1. The SMILES string of the molecule is CC(C)CCNC(=O)NN=C1C(=O)N(CCN(C(C)C)C(C)C)c2ccccc21. The molecule has 0 unspecified atom stereocenters. The average Bonchev–Trinajstić information content (AvgIpc) is 2.91. The Bertz CT molecular complexity index is 734. The number of anilines is 1. The molecular formula is C22H35N5O2. The third kappa shape index (κ3) is 6.03. The summed E-state index contributed by atoms with van der Waals surface area (Å²) in [4.78, 5) is 29.1. The normalized spacial score (nSPS) is 15.2. The quantitative estimate of drug-likeness (QED) is 0.624. The van der Waals surface area contributed by atoms with Crippen LogP contribution in [0.4, 0.5) is 10.5 Å². The van der Waals surface area contributed by atoms with Gasteiger partial charge in [-0.1, -0.05) is 32.0 Å². The van der Waals surface area contributed by atoms with Gasteiger partial charge in [-0.2, -0.15) is 5.10 Å². The van der Waals surface area contributed by atoms with Gasteiger partial charge in [0.05, 0.1) is 5.69 Å². The zero-order valence-electron chi connectivity index (χ0n) is 18.5. The van der Waals surface area contributed by atoms with Gasteiger partial charge in [0.25, 0.3) is 5.91 Å². The topological polar surface area (TPSA) is 77.0 Å². The Morgan fingerprint density at radius 2 is 1.76 bits per heavy atom. The van der Waals surface area contributed by atoms with Gasteiger partial charge in [0.15, 0.2) is 5.71 Å². The number of hydrogen-bond donors (Lipinski definition) is 2. The van der Waals surface area contributed by atoms with Gasteiger partial charge in [-0.05, 0) is 46.1 Å². The smallest absolute Gasteiger partial charge is 0.335 e. The number of fused-ring (bicyclic) bond motifs is 1. The molecule has 7 nitrogen and oxygen atoms in total. The summed E-state index contributed by atoms with van der Waals surface area (Å²) in [6.07, 6.45) is 0.891. The molecule has 0 aromatic heterocycles. The van der Waals surface area contributed by atoms with Crippen LogP contribution in [0.3, 0.4) is 0 Å². The molecule has 0 fully saturated rings. The van der Waals surface area contributed by atoms with Gasteiger partial charge in [0.2, 0.25) is 0 Å². The molecule has 0 spiro atoms. The summed E-state index contributed by atoms with van der Waals surface area (Å²) < 4.78 is 0. The summed E-state index contributed by atoms with van der Waals surface area (Å²) in [6, 6.07) is 7.98. The fourth-order valence-corrected chi connectivity index (χ4v) is 3.54. The van der Waals surface area contributed by atoms with Crippen LogP contribution in [-0.2, 0) is 4.79 Å². The summed E-state index contributed by atoms with van der Waals surface area (Å²) >= 11 is 0. The van der Waals surface area contributed by atoms with Crippen LogP contribution in [0, 0.1) is 5.92 Å². The Morgan fingerprint density at radius 1 is 1.10 bits per heavy atom. The second kappa shape index (κ2) is 10.4. The number of nitrogens with one attached hydrogen (secondary N) is 2. The van der Waals surface area contributed by atoms with E-state index in [1.165, 1.54) is 0 Å². The molecule has 0 bridgehead atoms. The van der Waals surface area contributed by atoms with Crippen LogP contribution in [0.1, 0.15) is 53.5 Å². The first-order valence-corrected chi connectivity index (χ1v) is 10.5. The number of para-hydroxylation sites is 1. The maximum Gasteiger partial charge on any atom is 0.335 e. The molecule has 3 amide bonds. The Balaban J connectivity index is 2.10. The number of carbonyl (C=O) groups is 2. The van der Waals surface area contributed by atoms with Crippen molar-refractivity contribution >= 4 is 23.3 Å². The molecule has 0 saturated heterocycles. The fourth-order valence-electron chi connectivity index (χ4n) is 3.54. The molecule has 1 heterocycles. The summed E-state index contributed by atoms with van der Waals surface area (Å²) in [5.41, 5.74) is 4.34. The number of hydrogen-bond acceptors (Lipinski definition) is 4. The highest BCUT2D eigenvalue weighted by molar-refractivity contribution is 6.54. The van der Waals surface area contributed by atoms with Crippen molar-refractivity contribution in [2.75, 3.05) is 24.5 Å². The summed E-state index contributed by atoms with van der Waals surface area (Å²) in [5.74, 6) is 0.329. The number of urea groups is 1. The minimum Gasteiger partial charge on any atom is -0.337 e. The lowest BCUT2D eigenvalue weighted by molar-refractivity contribution is -0.112. The van der Waals surface area contributed by atoms with Gasteiger partial charge in [-0.15, -0.1) is 0 Å². The van der Waals surface area contributed by atoms with Crippen LogP contribution >= 0.6 is 0 Å². The molecular weight excluding hydrogens is 366 g/mol. The summed E-state index contributed by atoms with van der Waals surface area (Å²) in [6.45, 7) is 14.8. The van der Waals surface area contributed by atoms with Crippen molar-refractivity contribution in [1.29, 1.82) is 0 Å². The van der Waals surface area contributed by atoms with Crippen molar-refractivity contribution in [3.05, 3.63) is 29.8 Å². The van der Waals surface area contributed by atoms with Gasteiger partial charge >= 0.3 is 6.03 Å². The number of rotatable bonds is 9. The number of benzene rings is 1. The molecule has 1 aliphatic rings. The van der Waals surface area contributed by atoms with Crippen LogP contribution in [0.2, 0.25) is 0 Å². The van der Waals surface area contributed by atoms with E-state index in [9.17, 15) is 9.59 Å². The third-order valence-corrected chi connectivity index (χ3v) is 5.08. The standard InChI is InChI=1S/C22H35N5O2/c1-15(2)11-12-23-22(29)25-24-20-18-9-7-8-10-19(18)27(21(20)28)14-13-26(16(3)4)17(5)6/h7-10,15-17H,11-14H2,1-6H3,(H2,23,25,29). The van der Waals surface area contributed by atoms with Gasteiger partial charge < -0.3 is 10.2 Å². The number of amides is 3. The van der Waals surface area contributed by atoms with Crippen LogP contribution < -0.4 is 15.6 Å². The number of carbonyl (C=O) groups excluding carboxylic acids is 2. The predicted molar refractivity (Wildman–Crippen MR) is 118 cm³/mol. The van der Waals surface area contributed by atoms with Crippen LogP contribution in [-0.4, -0.2) is 54.3 Å². The first kappa shape index (κ1) is 22.9. The summed E-state index contributed by atoms with van der Waals surface area (Å²) in [7, 11) is 0. The molecule has 2 N–H and O–H groups in total. The minimum atomic E-state index is -0.396. The van der Waals surface area contributed by atoms with Crippen molar-refractivity contribution in [1.82, 2.24) is 15.6 Å². The molecule has 160 valence electrons. The minimum absolute atomic E-state index is 0.179. The Kier molecular flexibility index (Phi) is 8.20. The largest absolute Gasteiger partial charge is 0.337 e. The van der Waals surface area contributed by atoms with E-state index in [0.717, 1.165) is 24.2 Å². The van der Waals surface area contributed by atoms with Crippen LogP contribution in [0.15, 0.2) is 29.4 Å². The maximum absolute atomic E-state index is 13.0. The molecule has 29 heavy (non-hydrogen) atoms. The Labute approximate surface area is 174 Å². The molecule has 1 aromatic carbocycles. The van der Waals surface area contributed by atoms with Crippen molar-refractivity contribution in [2.45, 2.75) is 60.0 Å². The zero-order valence-corrected chi connectivity index (χ0v) is 18.5. The highest BCUT2D eigenvalue weighted by atomic mass is 16.2. The van der Waals surface area contributed by atoms with E-state index in [2.05, 4.69) is 62.3 Å². The van der Waals surface area contributed by atoms with E-state index in [-0.39, 0.29) is 11.6 Å². The Morgan fingerprint density at radius 3 is 2.38 bits per heavy atom. The van der Waals surface area contributed by atoms with E-state index in [0.29, 0.717) is 31.1 Å². The van der Waals surface area contributed by atoms with Crippen molar-refractivity contribution in [2.24, 2.45) is 11.0 Å². The second-order valence-electron chi connectivity index (χ2n) is 8.41. The maximum atomic E-state index is 13.0. The fraction of sp³-hybridized carbons (Fsp3) is 0.591. The van der Waals surface area contributed by atoms with E-state index >= 15 is 0 Å². The van der Waals surface area contributed by atoms with Crippen LogP contribution in [0.25, 0.3) is 0 Å². The second-order valence-corrected chi connectivity index (χ2v) is 8.41. The van der Waals surface area contributed by atoms with Gasteiger partial charge in [0, 0.05) is 37.3 Å². The molecule has 7 heteroatoms. The molecule has 0 atom stereocenters. The lowest BCUT2D eigenvalue weighted by Crippen LogP contribution is -2.44. The highest BCUT2D eigenvalue weighted by Gasteiger charge is 2.34. The van der Waals surface area contributed by atoms with E-state index in [1.807, 2.05) is 24.3 Å². The highest BCUT2D eigenvalue weighted by Crippen LogP contribution is 2.29. The van der Waals surface area contributed by atoms with Gasteiger partial charge in [-0.3, -0.25) is 9.69 Å². The van der Waals surface area contributed by atoms with Gasteiger partial charge in [0.1, 0.15) is 0 Å². The first-order chi connectivity index (χ1) is 13.7. The average molecular weight is 402 g/mol. The van der Waals surface area contributed by atoms with Crippen molar-refractivity contribution in [3.63, 3.8) is 0 Å². The molecule has 1 aromatic rings. The lowest BCUT2D eigenvalue weighted by Gasteiger charge is -2.32. The first-order valence-electron chi connectivity index (χ1n) is 10.5. The van der Waals surface area contributed by atoms with Crippen LogP contribution in [0.5, 0.6) is 0 Å². The van der Waals surface area contributed by atoms with Crippen molar-refractivity contribution < 1.29 is 9.59 Å². The predicted octanol–water partition coefficient (Wildman–Crippen LogP) is 3.20. The van der Waals surface area contributed by atoms with Gasteiger partial charge in [-0.25, -0.2) is 10.2 Å². The summed E-state index contributed by atoms with van der Waals surface area (Å²) in [5, 5.41) is 6.90. The monoisotopic (exact) mass is 401 g/mol.